The predicted octanol–water partition coefficient (Wildman–Crippen LogP) is 3.93. The van der Waals surface area contributed by atoms with Crippen molar-refractivity contribution in [2.75, 3.05) is 11.6 Å². The molecule has 0 aliphatic carbocycles. The monoisotopic (exact) mass is 274 g/mol. The van der Waals surface area contributed by atoms with Crippen LogP contribution in [-0.4, -0.2) is 11.2 Å². The number of anilines is 1. The molecular formula is C14H14N2O2S. The Balaban J connectivity index is 2.01. The van der Waals surface area contributed by atoms with E-state index in [-0.39, 0.29) is 5.69 Å². The first-order chi connectivity index (χ1) is 9.19. The van der Waals surface area contributed by atoms with E-state index in [1.54, 1.807) is 17.8 Å². The number of thioether (sulfide) groups is 1. The van der Waals surface area contributed by atoms with Crippen LogP contribution in [0.3, 0.4) is 0 Å². The van der Waals surface area contributed by atoms with Crippen LogP contribution in [0.1, 0.15) is 5.56 Å². The zero-order chi connectivity index (χ0) is 13.7. The Kier molecular flexibility index (Phi) is 4.41. The van der Waals surface area contributed by atoms with Crippen molar-refractivity contribution < 1.29 is 4.92 Å². The minimum absolute atomic E-state index is 0.0998. The quantitative estimate of drug-likeness (QED) is 0.510. The molecule has 5 heteroatoms. The molecule has 0 heterocycles. The summed E-state index contributed by atoms with van der Waals surface area (Å²) in [6.45, 7) is 0.649. The van der Waals surface area contributed by atoms with E-state index >= 15 is 0 Å². The van der Waals surface area contributed by atoms with Crippen LogP contribution in [0.25, 0.3) is 0 Å². The van der Waals surface area contributed by atoms with Crippen molar-refractivity contribution in [1.29, 1.82) is 0 Å². The first kappa shape index (κ1) is 13.4. The Labute approximate surface area is 116 Å². The minimum Gasteiger partial charge on any atom is -0.381 e. The molecule has 0 saturated carbocycles. The molecule has 19 heavy (non-hydrogen) atoms. The van der Waals surface area contributed by atoms with E-state index in [1.807, 2.05) is 12.3 Å². The van der Waals surface area contributed by atoms with Gasteiger partial charge in [-0.3, -0.25) is 10.1 Å². The first-order valence-electron chi connectivity index (χ1n) is 5.80. The second kappa shape index (κ2) is 6.24. The molecule has 0 unspecified atom stereocenters. The number of benzene rings is 2. The third kappa shape index (κ3) is 3.72. The zero-order valence-electron chi connectivity index (χ0n) is 10.5. The Morgan fingerprint density at radius 3 is 2.58 bits per heavy atom. The van der Waals surface area contributed by atoms with Crippen LogP contribution in [0, 0.1) is 10.1 Å². The molecule has 0 aromatic heterocycles. The van der Waals surface area contributed by atoms with Crippen LogP contribution in [0.5, 0.6) is 0 Å². The molecule has 0 amide bonds. The van der Waals surface area contributed by atoms with Gasteiger partial charge >= 0.3 is 0 Å². The molecule has 2 aromatic rings. The summed E-state index contributed by atoms with van der Waals surface area (Å²) < 4.78 is 0. The third-order valence-electron chi connectivity index (χ3n) is 2.71. The molecule has 0 spiro atoms. The van der Waals surface area contributed by atoms with Crippen LogP contribution >= 0.6 is 11.8 Å². The summed E-state index contributed by atoms with van der Waals surface area (Å²) in [4.78, 5) is 11.5. The fourth-order valence-electron chi connectivity index (χ4n) is 1.68. The molecule has 0 aliphatic heterocycles. The second-order valence-electron chi connectivity index (χ2n) is 4.01. The lowest BCUT2D eigenvalue weighted by atomic mass is 10.2. The maximum atomic E-state index is 10.7. The Morgan fingerprint density at radius 1 is 1.21 bits per heavy atom. The first-order valence-corrected chi connectivity index (χ1v) is 7.03. The molecular weight excluding hydrogens is 260 g/mol. The van der Waals surface area contributed by atoms with Crippen LogP contribution in [-0.2, 0) is 6.54 Å². The minimum atomic E-state index is -0.390. The summed E-state index contributed by atoms with van der Waals surface area (Å²) in [7, 11) is 0. The fourth-order valence-corrected chi connectivity index (χ4v) is 2.09. The second-order valence-corrected chi connectivity index (χ2v) is 4.89. The Bertz CT molecular complexity index is 570. The molecule has 4 nitrogen and oxygen atoms in total. The number of hydrogen-bond donors (Lipinski definition) is 1. The smallest absolute Gasteiger partial charge is 0.271 e. The number of hydrogen-bond acceptors (Lipinski definition) is 4. The van der Waals surface area contributed by atoms with Gasteiger partial charge in [-0.25, -0.2) is 0 Å². The van der Waals surface area contributed by atoms with E-state index in [2.05, 4.69) is 29.6 Å². The van der Waals surface area contributed by atoms with E-state index in [9.17, 15) is 10.1 Å². The largest absolute Gasteiger partial charge is 0.381 e. The van der Waals surface area contributed by atoms with Gasteiger partial charge in [0.15, 0.2) is 0 Å². The van der Waals surface area contributed by atoms with Crippen LogP contribution in [0.2, 0.25) is 0 Å². The molecule has 98 valence electrons. The highest BCUT2D eigenvalue weighted by Gasteiger charge is 2.05. The predicted molar refractivity (Wildman–Crippen MR) is 78.6 cm³/mol. The number of nitro benzene ring substituents is 1. The highest BCUT2D eigenvalue weighted by Crippen LogP contribution is 2.19. The summed E-state index contributed by atoms with van der Waals surface area (Å²) in [5.74, 6) is 0. The molecule has 2 rings (SSSR count). The van der Waals surface area contributed by atoms with Crippen LogP contribution in [0.15, 0.2) is 53.4 Å². The summed E-state index contributed by atoms with van der Waals surface area (Å²) in [5, 5.41) is 13.9. The van der Waals surface area contributed by atoms with Gasteiger partial charge in [0.25, 0.3) is 5.69 Å². The normalized spacial score (nSPS) is 10.2. The third-order valence-corrected chi connectivity index (χ3v) is 3.46. The molecule has 2 aromatic carbocycles. The maximum Gasteiger partial charge on any atom is 0.271 e. The van der Waals surface area contributed by atoms with E-state index < -0.39 is 4.92 Å². The molecule has 0 aliphatic rings. The topological polar surface area (TPSA) is 55.2 Å². The van der Waals surface area contributed by atoms with Crippen LogP contribution < -0.4 is 5.32 Å². The lowest BCUT2D eigenvalue weighted by Gasteiger charge is -2.07. The molecule has 0 radical (unpaired) electrons. The number of rotatable bonds is 5. The molecule has 1 N–H and O–H groups in total. The van der Waals surface area contributed by atoms with Gasteiger partial charge in [0.05, 0.1) is 4.92 Å². The SMILES string of the molecule is CSc1ccc(CNc2cccc([N+](=O)[O-])c2)cc1. The van der Waals surface area contributed by atoms with Crippen molar-refractivity contribution >= 4 is 23.1 Å². The van der Waals surface area contributed by atoms with Crippen molar-refractivity contribution in [2.45, 2.75) is 11.4 Å². The molecule has 0 saturated heterocycles. The number of nitro groups is 1. The molecule has 0 fully saturated rings. The summed E-state index contributed by atoms with van der Waals surface area (Å²) in [6.07, 6.45) is 2.04. The highest BCUT2D eigenvalue weighted by atomic mass is 32.2. The number of nitrogens with zero attached hydrogens (tertiary/aromatic N) is 1. The van der Waals surface area contributed by atoms with Gasteiger partial charge in [-0.2, -0.15) is 0 Å². The lowest BCUT2D eigenvalue weighted by Crippen LogP contribution is -1.99. The molecule has 0 atom stereocenters. The van der Waals surface area contributed by atoms with Crippen molar-refractivity contribution in [3.8, 4) is 0 Å². The van der Waals surface area contributed by atoms with Gasteiger partial charge in [-0.05, 0) is 30.0 Å². The Morgan fingerprint density at radius 2 is 1.95 bits per heavy atom. The van der Waals surface area contributed by atoms with Gasteiger partial charge in [0.2, 0.25) is 0 Å². The maximum absolute atomic E-state index is 10.7. The van der Waals surface area contributed by atoms with E-state index in [0.29, 0.717) is 6.54 Å². The zero-order valence-corrected chi connectivity index (χ0v) is 11.3. The van der Waals surface area contributed by atoms with Gasteiger partial charge in [-0.1, -0.05) is 18.2 Å². The average Bonchev–Trinajstić information content (AvgIpc) is 2.46. The van der Waals surface area contributed by atoms with Crippen LogP contribution in [0.4, 0.5) is 11.4 Å². The van der Waals surface area contributed by atoms with Crippen molar-refractivity contribution in [1.82, 2.24) is 0 Å². The fraction of sp³-hybridized carbons (Fsp3) is 0.143. The summed E-state index contributed by atoms with van der Waals surface area (Å²) in [6, 6.07) is 14.8. The van der Waals surface area contributed by atoms with Crippen molar-refractivity contribution in [3.63, 3.8) is 0 Å². The Hall–Kier alpha value is -2.01. The molecule has 0 bridgehead atoms. The van der Waals surface area contributed by atoms with Crippen molar-refractivity contribution in [2.24, 2.45) is 0 Å². The van der Waals surface area contributed by atoms with Gasteiger partial charge < -0.3 is 5.32 Å². The summed E-state index contributed by atoms with van der Waals surface area (Å²) in [5.41, 5.74) is 2.00. The average molecular weight is 274 g/mol. The van der Waals surface area contributed by atoms with Crippen molar-refractivity contribution in [3.05, 3.63) is 64.2 Å². The van der Waals surface area contributed by atoms with Gasteiger partial charge in [-0.15, -0.1) is 11.8 Å². The standard InChI is InChI=1S/C14H14N2O2S/c1-19-14-7-5-11(6-8-14)10-15-12-3-2-4-13(9-12)16(17)18/h2-9,15H,10H2,1H3. The number of non-ortho nitro benzene ring substituents is 1. The van der Waals surface area contributed by atoms with E-state index in [1.165, 1.54) is 17.0 Å². The number of nitrogens with one attached hydrogen (secondary N) is 1. The van der Waals surface area contributed by atoms with Gasteiger partial charge in [0.1, 0.15) is 0 Å². The van der Waals surface area contributed by atoms with E-state index in [0.717, 1.165) is 11.3 Å². The highest BCUT2D eigenvalue weighted by molar-refractivity contribution is 7.98. The lowest BCUT2D eigenvalue weighted by molar-refractivity contribution is -0.384. The summed E-state index contributed by atoms with van der Waals surface area (Å²) >= 11 is 1.70. The van der Waals surface area contributed by atoms with E-state index in [4.69, 9.17) is 0 Å². The van der Waals surface area contributed by atoms with Gasteiger partial charge in [0, 0.05) is 29.3 Å².